The van der Waals surface area contributed by atoms with E-state index >= 15 is 0 Å². The normalized spacial score (nSPS) is 11.5. The van der Waals surface area contributed by atoms with Gasteiger partial charge in [-0.2, -0.15) is 0 Å². The molecule has 190 valence electrons. The van der Waals surface area contributed by atoms with Crippen LogP contribution in [0.4, 0.5) is 10.7 Å². The van der Waals surface area contributed by atoms with Gasteiger partial charge in [-0.15, -0.1) is 11.3 Å². The molecule has 0 aliphatic carbocycles. The number of halogens is 2. The molecule has 7 nitrogen and oxygen atoms in total. The van der Waals surface area contributed by atoms with Gasteiger partial charge in [0, 0.05) is 10.7 Å². The first-order valence-corrected chi connectivity index (χ1v) is 12.7. The molecule has 1 atom stereocenters. The van der Waals surface area contributed by atoms with Crippen LogP contribution in [-0.2, 0) is 9.53 Å². The number of carbonyl (C=O) groups excluding carboxylic acids is 3. The number of ether oxygens (including phenoxy) is 2. The summed E-state index contributed by atoms with van der Waals surface area (Å²) in [6, 6.07) is 10.3. The van der Waals surface area contributed by atoms with Crippen LogP contribution in [0.15, 0.2) is 36.4 Å². The van der Waals surface area contributed by atoms with Gasteiger partial charge in [-0.05, 0) is 70.0 Å². The smallest absolute Gasteiger partial charge is 0.341 e. The predicted molar refractivity (Wildman–Crippen MR) is 144 cm³/mol. The Bertz CT molecular complexity index is 1320. The molecule has 1 unspecified atom stereocenters. The maximum absolute atomic E-state index is 13.1. The van der Waals surface area contributed by atoms with E-state index in [0.29, 0.717) is 16.3 Å². The average Bonchev–Trinajstić information content (AvgIpc) is 3.13. The minimum atomic E-state index is -0.964. The van der Waals surface area contributed by atoms with Crippen molar-refractivity contribution < 1.29 is 23.9 Å². The van der Waals surface area contributed by atoms with Gasteiger partial charge >= 0.3 is 5.97 Å². The van der Waals surface area contributed by atoms with Crippen LogP contribution in [0.1, 0.15) is 50.6 Å². The third kappa shape index (κ3) is 6.37. The summed E-state index contributed by atoms with van der Waals surface area (Å²) in [5.74, 6) is -1.28. The van der Waals surface area contributed by atoms with Gasteiger partial charge in [-0.1, -0.05) is 40.9 Å². The van der Waals surface area contributed by atoms with Crippen LogP contribution in [0.25, 0.3) is 0 Å². The summed E-state index contributed by atoms with van der Waals surface area (Å²) in [6.45, 7) is 8.86. The summed E-state index contributed by atoms with van der Waals surface area (Å²) in [7, 11) is 0. The molecule has 0 bridgehead atoms. The van der Waals surface area contributed by atoms with Crippen molar-refractivity contribution in [3.63, 3.8) is 0 Å². The number of hydrogen-bond acceptors (Lipinski definition) is 6. The lowest BCUT2D eigenvalue weighted by Gasteiger charge is -2.15. The Kier molecular flexibility index (Phi) is 9.00. The summed E-state index contributed by atoms with van der Waals surface area (Å²) in [6.07, 6.45) is -0.964. The minimum Gasteiger partial charge on any atom is -0.479 e. The van der Waals surface area contributed by atoms with Gasteiger partial charge in [0.05, 0.1) is 22.1 Å². The zero-order chi connectivity index (χ0) is 26.6. The van der Waals surface area contributed by atoms with Crippen molar-refractivity contribution in [2.24, 2.45) is 0 Å². The van der Waals surface area contributed by atoms with Crippen molar-refractivity contribution in [3.8, 4) is 5.75 Å². The lowest BCUT2D eigenvalue weighted by atomic mass is 10.1. The molecule has 3 rings (SSSR count). The van der Waals surface area contributed by atoms with Gasteiger partial charge in [0.1, 0.15) is 10.8 Å². The zero-order valence-electron chi connectivity index (χ0n) is 20.5. The summed E-state index contributed by atoms with van der Waals surface area (Å²) < 4.78 is 10.9. The Balaban J connectivity index is 1.87. The molecule has 0 aliphatic rings. The third-order valence-electron chi connectivity index (χ3n) is 5.27. The van der Waals surface area contributed by atoms with Gasteiger partial charge in [0.25, 0.3) is 11.8 Å². The largest absolute Gasteiger partial charge is 0.479 e. The highest BCUT2D eigenvalue weighted by Gasteiger charge is 2.28. The molecule has 2 aromatic carbocycles. The number of hydrogen-bond donors (Lipinski definition) is 2. The molecule has 0 saturated carbocycles. The van der Waals surface area contributed by atoms with E-state index in [1.54, 1.807) is 32.9 Å². The molecule has 2 amide bonds. The number of nitrogens with one attached hydrogen (secondary N) is 2. The molecule has 0 fully saturated rings. The number of benzene rings is 2. The Labute approximate surface area is 223 Å². The van der Waals surface area contributed by atoms with Gasteiger partial charge in [0.2, 0.25) is 0 Å². The van der Waals surface area contributed by atoms with Crippen molar-refractivity contribution in [1.29, 1.82) is 0 Å². The molecule has 1 heterocycles. The molecular weight excluding hydrogens is 523 g/mol. The minimum absolute atomic E-state index is 0.123. The van der Waals surface area contributed by atoms with Crippen LogP contribution in [-0.4, -0.2) is 30.5 Å². The van der Waals surface area contributed by atoms with Crippen molar-refractivity contribution in [2.75, 3.05) is 17.2 Å². The Morgan fingerprint density at radius 3 is 2.39 bits per heavy atom. The Morgan fingerprint density at radius 2 is 1.75 bits per heavy atom. The molecule has 0 radical (unpaired) electrons. The first-order valence-electron chi connectivity index (χ1n) is 11.1. The van der Waals surface area contributed by atoms with Crippen LogP contribution in [0.3, 0.4) is 0 Å². The predicted octanol–water partition coefficient (Wildman–Crippen LogP) is 6.82. The van der Waals surface area contributed by atoms with E-state index in [1.165, 1.54) is 6.07 Å². The maximum Gasteiger partial charge on any atom is 0.341 e. The summed E-state index contributed by atoms with van der Waals surface area (Å²) in [5.41, 5.74) is 3.17. The molecule has 0 spiro atoms. The number of thiophene rings is 1. The fraction of sp³-hybridized carbons (Fsp3) is 0.269. The second kappa shape index (κ2) is 11.8. The van der Waals surface area contributed by atoms with Gasteiger partial charge in [-0.25, -0.2) is 4.79 Å². The Hall–Kier alpha value is -3.07. The third-order valence-corrected chi connectivity index (χ3v) is 7.00. The van der Waals surface area contributed by atoms with Crippen LogP contribution in [0.5, 0.6) is 5.75 Å². The van der Waals surface area contributed by atoms with Gasteiger partial charge in [0.15, 0.2) is 6.10 Å². The first kappa shape index (κ1) is 27.5. The second-order valence-corrected chi connectivity index (χ2v) is 9.94. The van der Waals surface area contributed by atoms with Crippen LogP contribution in [0, 0.1) is 20.8 Å². The highest BCUT2D eigenvalue weighted by Crippen LogP contribution is 2.35. The Morgan fingerprint density at radius 1 is 1.03 bits per heavy atom. The number of aryl methyl sites for hydroxylation is 2. The number of esters is 1. The number of carbonyl (C=O) groups is 3. The van der Waals surface area contributed by atoms with E-state index in [1.807, 2.05) is 32.0 Å². The highest BCUT2D eigenvalue weighted by atomic mass is 35.5. The van der Waals surface area contributed by atoms with E-state index in [0.717, 1.165) is 22.5 Å². The van der Waals surface area contributed by atoms with Gasteiger partial charge < -0.3 is 20.1 Å². The fourth-order valence-corrected chi connectivity index (χ4v) is 4.97. The topological polar surface area (TPSA) is 93.7 Å². The SMILES string of the molecule is CCOC(=O)c1c(NC(=O)C(C)Oc2ccc(Cl)cc2Cl)sc(C(=O)Nc2ccc(C)cc2C)c1C. The van der Waals surface area contributed by atoms with Crippen molar-refractivity contribution in [3.05, 3.63) is 73.6 Å². The molecular formula is C26H26Cl2N2O5S. The number of amides is 2. The first-order chi connectivity index (χ1) is 17.0. The second-order valence-electron chi connectivity index (χ2n) is 8.08. The molecule has 2 N–H and O–H groups in total. The van der Waals surface area contributed by atoms with Crippen LogP contribution >= 0.6 is 34.5 Å². The summed E-state index contributed by atoms with van der Waals surface area (Å²) in [5, 5.41) is 6.47. The molecule has 36 heavy (non-hydrogen) atoms. The van der Waals surface area contributed by atoms with Crippen molar-refractivity contribution in [1.82, 2.24) is 0 Å². The zero-order valence-corrected chi connectivity index (χ0v) is 22.8. The monoisotopic (exact) mass is 548 g/mol. The van der Waals surface area contributed by atoms with Crippen molar-refractivity contribution in [2.45, 2.75) is 40.7 Å². The number of anilines is 2. The molecule has 0 aliphatic heterocycles. The van der Waals surface area contributed by atoms with E-state index in [4.69, 9.17) is 32.7 Å². The van der Waals surface area contributed by atoms with E-state index in [-0.39, 0.29) is 32.8 Å². The molecule has 0 saturated heterocycles. The standard InChI is InChI=1S/C26H26Cl2N2O5S/c1-6-34-26(33)21-15(4)22(24(32)29-19-9-7-13(2)11-14(19)3)36-25(21)30-23(31)16(5)35-20-10-8-17(27)12-18(20)28/h7-12,16H,6H2,1-5H3,(H,29,32)(H,30,31). The highest BCUT2D eigenvalue weighted by molar-refractivity contribution is 7.19. The fourth-order valence-electron chi connectivity index (χ4n) is 3.43. The summed E-state index contributed by atoms with van der Waals surface area (Å²) in [4.78, 5) is 39.1. The van der Waals surface area contributed by atoms with E-state index in [9.17, 15) is 14.4 Å². The number of rotatable bonds is 8. The maximum atomic E-state index is 13.1. The lowest BCUT2D eigenvalue weighted by Crippen LogP contribution is -2.30. The van der Waals surface area contributed by atoms with Crippen LogP contribution < -0.4 is 15.4 Å². The van der Waals surface area contributed by atoms with E-state index < -0.39 is 23.9 Å². The van der Waals surface area contributed by atoms with E-state index in [2.05, 4.69) is 10.6 Å². The molecule has 10 heteroatoms. The van der Waals surface area contributed by atoms with Crippen LogP contribution in [0.2, 0.25) is 10.0 Å². The average molecular weight is 549 g/mol. The van der Waals surface area contributed by atoms with Crippen molar-refractivity contribution >= 4 is 63.0 Å². The molecule has 3 aromatic rings. The molecule has 1 aromatic heterocycles. The van der Waals surface area contributed by atoms with Gasteiger partial charge in [-0.3, -0.25) is 9.59 Å². The lowest BCUT2D eigenvalue weighted by molar-refractivity contribution is -0.122. The summed E-state index contributed by atoms with van der Waals surface area (Å²) >= 11 is 13.0. The quantitative estimate of drug-likeness (QED) is 0.301.